The maximum absolute atomic E-state index is 11.6. The maximum Gasteiger partial charge on any atom is 0.309 e. The van der Waals surface area contributed by atoms with Crippen molar-refractivity contribution in [2.24, 2.45) is 0 Å². The van der Waals surface area contributed by atoms with Crippen LogP contribution in [-0.4, -0.2) is 20.0 Å². The monoisotopic (exact) mass is 330 g/mol. The second-order valence-electron chi connectivity index (χ2n) is 3.50. The van der Waals surface area contributed by atoms with Gasteiger partial charge in [-0.3, -0.25) is 4.79 Å². The normalized spacial score (nSPS) is 11.3. The standard InChI is InChI=1S/C10H9Cl3O4S/c1-6(14)2-3-18(15,16)17-10-8(12)4-7(11)5-9(10)13/h4-5H,2-3H2,1H3. The van der Waals surface area contributed by atoms with E-state index in [2.05, 4.69) is 0 Å². The van der Waals surface area contributed by atoms with Crippen molar-refractivity contribution in [3.05, 3.63) is 27.2 Å². The van der Waals surface area contributed by atoms with Gasteiger partial charge < -0.3 is 4.18 Å². The Morgan fingerprint density at radius 3 is 2.17 bits per heavy atom. The third kappa shape index (κ3) is 4.65. The Hall–Kier alpha value is -0.490. The van der Waals surface area contributed by atoms with Crippen LogP contribution in [0.2, 0.25) is 15.1 Å². The van der Waals surface area contributed by atoms with Crippen LogP contribution in [0.3, 0.4) is 0 Å². The first kappa shape index (κ1) is 15.6. The van der Waals surface area contributed by atoms with Crippen molar-refractivity contribution < 1.29 is 17.4 Å². The highest BCUT2D eigenvalue weighted by Crippen LogP contribution is 2.36. The summed E-state index contributed by atoms with van der Waals surface area (Å²) < 4.78 is 27.9. The van der Waals surface area contributed by atoms with Gasteiger partial charge in [-0.05, 0) is 19.1 Å². The first-order valence-electron chi connectivity index (χ1n) is 4.77. The van der Waals surface area contributed by atoms with Crippen LogP contribution >= 0.6 is 34.8 Å². The first-order chi connectivity index (χ1) is 8.21. The fourth-order valence-electron chi connectivity index (χ4n) is 1.05. The van der Waals surface area contributed by atoms with Gasteiger partial charge >= 0.3 is 10.1 Å². The van der Waals surface area contributed by atoms with Crippen molar-refractivity contribution in [1.29, 1.82) is 0 Å². The summed E-state index contributed by atoms with van der Waals surface area (Å²) in [6.45, 7) is 1.29. The van der Waals surface area contributed by atoms with Crippen LogP contribution in [0.15, 0.2) is 12.1 Å². The molecular formula is C10H9Cl3O4S. The number of ketones is 1. The van der Waals surface area contributed by atoms with Crippen LogP contribution < -0.4 is 4.18 Å². The number of hydrogen-bond acceptors (Lipinski definition) is 4. The molecule has 0 heterocycles. The Kier molecular flexibility index (Phi) is 5.28. The molecule has 1 aromatic carbocycles. The highest BCUT2D eigenvalue weighted by Gasteiger charge is 2.19. The minimum atomic E-state index is -3.92. The summed E-state index contributed by atoms with van der Waals surface area (Å²) in [4.78, 5) is 10.7. The van der Waals surface area contributed by atoms with Crippen molar-refractivity contribution >= 4 is 50.7 Å². The molecule has 0 N–H and O–H groups in total. The summed E-state index contributed by atoms with van der Waals surface area (Å²) in [5.74, 6) is -0.876. The Morgan fingerprint density at radius 1 is 1.22 bits per heavy atom. The lowest BCUT2D eigenvalue weighted by Gasteiger charge is -2.09. The smallest absolute Gasteiger partial charge is 0.309 e. The SMILES string of the molecule is CC(=O)CCS(=O)(=O)Oc1c(Cl)cc(Cl)cc1Cl. The van der Waals surface area contributed by atoms with Crippen LogP contribution in [0.5, 0.6) is 5.75 Å². The summed E-state index contributed by atoms with van der Waals surface area (Å²) in [5, 5.41) is 0.233. The van der Waals surface area contributed by atoms with Crippen molar-refractivity contribution in [1.82, 2.24) is 0 Å². The van der Waals surface area contributed by atoms with Gasteiger partial charge in [-0.2, -0.15) is 8.42 Å². The lowest BCUT2D eigenvalue weighted by atomic mass is 10.3. The number of Topliss-reactive ketones (excluding diaryl/α,β-unsaturated/α-hetero) is 1. The quantitative estimate of drug-likeness (QED) is 0.776. The van der Waals surface area contributed by atoms with E-state index in [0.29, 0.717) is 0 Å². The highest BCUT2D eigenvalue weighted by atomic mass is 35.5. The minimum Gasteiger partial charge on any atom is -0.379 e. The van der Waals surface area contributed by atoms with Crippen molar-refractivity contribution in [3.63, 3.8) is 0 Å². The summed E-state index contributed by atoms with van der Waals surface area (Å²) in [6.07, 6.45) is -0.134. The van der Waals surface area contributed by atoms with E-state index in [-0.39, 0.29) is 33.0 Å². The molecule has 0 fully saturated rings. The summed E-state index contributed by atoms with van der Waals surface area (Å²) in [6, 6.07) is 2.62. The Balaban J connectivity index is 2.94. The molecule has 0 spiro atoms. The van der Waals surface area contributed by atoms with E-state index in [1.54, 1.807) is 0 Å². The van der Waals surface area contributed by atoms with E-state index in [0.717, 1.165) is 0 Å². The Labute approximate surface area is 120 Å². The molecule has 0 atom stereocenters. The molecule has 0 saturated carbocycles. The van der Waals surface area contributed by atoms with E-state index < -0.39 is 15.9 Å². The summed E-state index contributed by atoms with van der Waals surface area (Å²) in [7, 11) is -3.92. The van der Waals surface area contributed by atoms with E-state index in [1.807, 2.05) is 0 Å². The van der Waals surface area contributed by atoms with Gasteiger partial charge in [0, 0.05) is 11.4 Å². The fourth-order valence-corrected chi connectivity index (χ4v) is 3.09. The van der Waals surface area contributed by atoms with Crippen LogP contribution in [-0.2, 0) is 14.9 Å². The lowest BCUT2D eigenvalue weighted by molar-refractivity contribution is -0.116. The molecule has 0 unspecified atom stereocenters. The maximum atomic E-state index is 11.6. The molecule has 0 aliphatic heterocycles. The van der Waals surface area contributed by atoms with E-state index >= 15 is 0 Å². The number of rotatable bonds is 5. The predicted molar refractivity (Wildman–Crippen MR) is 71.2 cm³/mol. The second-order valence-corrected chi connectivity index (χ2v) is 6.44. The van der Waals surface area contributed by atoms with Gasteiger partial charge in [-0.1, -0.05) is 34.8 Å². The second kappa shape index (κ2) is 6.10. The van der Waals surface area contributed by atoms with Crippen molar-refractivity contribution in [3.8, 4) is 5.75 Å². The largest absolute Gasteiger partial charge is 0.379 e. The van der Waals surface area contributed by atoms with Gasteiger partial charge in [-0.25, -0.2) is 0 Å². The molecule has 0 aliphatic carbocycles. The number of carbonyl (C=O) groups excluding carboxylic acids is 1. The number of halogens is 3. The number of benzene rings is 1. The topological polar surface area (TPSA) is 60.4 Å². The number of carbonyl (C=O) groups is 1. The van der Waals surface area contributed by atoms with Crippen LogP contribution in [0.4, 0.5) is 0 Å². The van der Waals surface area contributed by atoms with Gasteiger partial charge in [0.2, 0.25) is 0 Å². The molecular weight excluding hydrogens is 323 g/mol. The highest BCUT2D eigenvalue weighted by molar-refractivity contribution is 7.87. The molecule has 0 bridgehead atoms. The third-order valence-corrected chi connectivity index (χ3v) is 3.78. The molecule has 0 aliphatic rings. The molecule has 0 aromatic heterocycles. The van der Waals surface area contributed by atoms with E-state index in [4.69, 9.17) is 39.0 Å². The fraction of sp³-hybridized carbons (Fsp3) is 0.300. The molecule has 18 heavy (non-hydrogen) atoms. The first-order valence-corrected chi connectivity index (χ1v) is 7.48. The molecule has 1 rings (SSSR count). The van der Waals surface area contributed by atoms with Gasteiger partial charge in [0.15, 0.2) is 5.75 Å². The summed E-state index contributed by atoms with van der Waals surface area (Å²) >= 11 is 17.2. The average Bonchev–Trinajstić information content (AvgIpc) is 2.21. The van der Waals surface area contributed by atoms with Crippen molar-refractivity contribution in [2.45, 2.75) is 13.3 Å². The predicted octanol–water partition coefficient (Wildman–Crippen LogP) is 3.33. The van der Waals surface area contributed by atoms with Gasteiger partial charge in [0.05, 0.1) is 15.8 Å². The molecule has 100 valence electrons. The number of hydrogen-bond donors (Lipinski definition) is 0. The van der Waals surface area contributed by atoms with Gasteiger partial charge in [0.25, 0.3) is 0 Å². The average molecular weight is 332 g/mol. The van der Waals surface area contributed by atoms with Crippen LogP contribution in [0, 0.1) is 0 Å². The Bertz CT molecular complexity index is 545. The van der Waals surface area contributed by atoms with Crippen LogP contribution in [0.1, 0.15) is 13.3 Å². The molecule has 0 radical (unpaired) electrons. The minimum absolute atomic E-state index is 0.0149. The van der Waals surface area contributed by atoms with Crippen LogP contribution in [0.25, 0.3) is 0 Å². The zero-order chi connectivity index (χ0) is 13.9. The van der Waals surface area contributed by atoms with E-state index in [9.17, 15) is 13.2 Å². The zero-order valence-electron chi connectivity index (χ0n) is 9.24. The van der Waals surface area contributed by atoms with Crippen molar-refractivity contribution in [2.75, 3.05) is 5.75 Å². The molecule has 0 amide bonds. The lowest BCUT2D eigenvalue weighted by Crippen LogP contribution is -2.16. The van der Waals surface area contributed by atoms with Gasteiger partial charge in [-0.15, -0.1) is 0 Å². The summed E-state index contributed by atoms with van der Waals surface area (Å²) in [5.41, 5.74) is 0. The molecule has 1 aromatic rings. The van der Waals surface area contributed by atoms with E-state index in [1.165, 1.54) is 19.1 Å². The molecule has 8 heteroatoms. The van der Waals surface area contributed by atoms with Gasteiger partial charge in [0.1, 0.15) is 5.78 Å². The third-order valence-electron chi connectivity index (χ3n) is 1.88. The zero-order valence-corrected chi connectivity index (χ0v) is 12.3. The molecule has 4 nitrogen and oxygen atoms in total. The Morgan fingerprint density at radius 2 is 1.72 bits per heavy atom. The molecule has 0 saturated heterocycles.